The molecule has 1 aromatic rings. The SMILES string of the molecule is N#CC1CCCC1NCc1cc(Cl)cs1. The highest BCUT2D eigenvalue weighted by Gasteiger charge is 2.26. The van der Waals surface area contributed by atoms with Gasteiger partial charge in [-0.05, 0) is 18.9 Å². The van der Waals surface area contributed by atoms with Crippen molar-refractivity contribution < 1.29 is 0 Å². The first kappa shape index (κ1) is 10.9. The highest BCUT2D eigenvalue weighted by Crippen LogP contribution is 2.26. The lowest BCUT2D eigenvalue weighted by Gasteiger charge is -2.14. The van der Waals surface area contributed by atoms with Crippen molar-refractivity contribution in [3.63, 3.8) is 0 Å². The highest BCUT2D eigenvalue weighted by molar-refractivity contribution is 7.10. The second kappa shape index (κ2) is 4.98. The Kier molecular flexibility index (Phi) is 3.63. The normalized spacial score (nSPS) is 25.3. The molecule has 1 aromatic heterocycles. The minimum atomic E-state index is 0.195. The van der Waals surface area contributed by atoms with Crippen LogP contribution in [0.4, 0.5) is 0 Å². The van der Waals surface area contributed by atoms with E-state index in [1.165, 1.54) is 11.3 Å². The molecule has 2 unspecified atom stereocenters. The topological polar surface area (TPSA) is 35.8 Å². The van der Waals surface area contributed by atoms with E-state index in [0.29, 0.717) is 6.04 Å². The van der Waals surface area contributed by atoms with Gasteiger partial charge in [0.25, 0.3) is 0 Å². The molecule has 1 saturated carbocycles. The lowest BCUT2D eigenvalue weighted by molar-refractivity contribution is 0.466. The third kappa shape index (κ3) is 2.72. The number of rotatable bonds is 3. The molecule has 1 N–H and O–H groups in total. The van der Waals surface area contributed by atoms with Crippen molar-refractivity contribution >= 4 is 22.9 Å². The van der Waals surface area contributed by atoms with Gasteiger partial charge in [0.05, 0.1) is 17.0 Å². The van der Waals surface area contributed by atoms with Crippen LogP contribution >= 0.6 is 22.9 Å². The molecule has 0 aliphatic heterocycles. The summed E-state index contributed by atoms with van der Waals surface area (Å²) in [6.45, 7) is 0.834. The van der Waals surface area contributed by atoms with Gasteiger partial charge in [-0.15, -0.1) is 11.3 Å². The number of hydrogen-bond donors (Lipinski definition) is 1. The zero-order chi connectivity index (χ0) is 10.7. The van der Waals surface area contributed by atoms with Gasteiger partial charge in [0.2, 0.25) is 0 Å². The van der Waals surface area contributed by atoms with Crippen LogP contribution in [0.2, 0.25) is 5.02 Å². The zero-order valence-corrected chi connectivity index (χ0v) is 9.94. The molecule has 1 heterocycles. The lowest BCUT2D eigenvalue weighted by Crippen LogP contribution is -2.30. The van der Waals surface area contributed by atoms with Crippen LogP contribution in [0.25, 0.3) is 0 Å². The number of nitrogens with one attached hydrogen (secondary N) is 1. The molecule has 0 saturated heterocycles. The number of nitriles is 1. The smallest absolute Gasteiger partial charge is 0.0672 e. The van der Waals surface area contributed by atoms with Crippen molar-refractivity contribution in [1.29, 1.82) is 5.26 Å². The van der Waals surface area contributed by atoms with Gasteiger partial charge in [-0.25, -0.2) is 0 Å². The maximum absolute atomic E-state index is 8.93. The van der Waals surface area contributed by atoms with Crippen molar-refractivity contribution in [2.24, 2.45) is 5.92 Å². The Morgan fingerprint density at radius 1 is 1.60 bits per heavy atom. The molecule has 4 heteroatoms. The second-order valence-corrected chi connectivity index (χ2v) is 5.32. The van der Waals surface area contributed by atoms with E-state index in [9.17, 15) is 0 Å². The van der Waals surface area contributed by atoms with Crippen LogP contribution in [0.15, 0.2) is 11.4 Å². The molecular weight excluding hydrogens is 228 g/mol. The van der Waals surface area contributed by atoms with Crippen molar-refractivity contribution in [3.8, 4) is 6.07 Å². The number of hydrogen-bond acceptors (Lipinski definition) is 3. The van der Waals surface area contributed by atoms with Crippen LogP contribution in [0.5, 0.6) is 0 Å². The van der Waals surface area contributed by atoms with Crippen LogP contribution < -0.4 is 5.32 Å². The molecule has 1 fully saturated rings. The van der Waals surface area contributed by atoms with Gasteiger partial charge in [-0.1, -0.05) is 18.0 Å². The van der Waals surface area contributed by atoms with Crippen LogP contribution in [-0.2, 0) is 6.54 Å². The first-order chi connectivity index (χ1) is 7.29. The van der Waals surface area contributed by atoms with E-state index in [2.05, 4.69) is 11.4 Å². The second-order valence-electron chi connectivity index (χ2n) is 3.89. The lowest BCUT2D eigenvalue weighted by atomic mass is 10.1. The standard InChI is InChI=1S/C11H13ClN2S/c12-9-4-10(15-7-9)6-14-11-3-1-2-8(11)5-13/h4,7-8,11,14H,1-3,6H2. The molecule has 0 amide bonds. The molecule has 2 nitrogen and oxygen atoms in total. The monoisotopic (exact) mass is 240 g/mol. The Morgan fingerprint density at radius 2 is 2.47 bits per heavy atom. The predicted octanol–water partition coefficient (Wildman–Crippen LogP) is 3.18. The average molecular weight is 241 g/mol. The molecule has 2 rings (SSSR count). The van der Waals surface area contributed by atoms with E-state index >= 15 is 0 Å². The van der Waals surface area contributed by atoms with E-state index in [1.54, 1.807) is 11.3 Å². The van der Waals surface area contributed by atoms with Gasteiger partial charge in [-0.2, -0.15) is 5.26 Å². The largest absolute Gasteiger partial charge is 0.308 e. The fourth-order valence-electron chi connectivity index (χ4n) is 2.04. The molecule has 2 atom stereocenters. The summed E-state index contributed by atoms with van der Waals surface area (Å²) in [5.74, 6) is 0.195. The Bertz CT molecular complexity index is 369. The van der Waals surface area contributed by atoms with Crippen molar-refractivity contribution in [2.75, 3.05) is 0 Å². The summed E-state index contributed by atoms with van der Waals surface area (Å²) in [4.78, 5) is 1.24. The maximum Gasteiger partial charge on any atom is 0.0672 e. The third-order valence-electron chi connectivity index (χ3n) is 2.84. The maximum atomic E-state index is 8.93. The summed E-state index contributed by atoms with van der Waals surface area (Å²) < 4.78 is 0. The van der Waals surface area contributed by atoms with Gasteiger partial charge in [0.1, 0.15) is 0 Å². The molecule has 0 bridgehead atoms. The Hall–Kier alpha value is -0.560. The molecule has 0 spiro atoms. The van der Waals surface area contributed by atoms with E-state index in [0.717, 1.165) is 24.4 Å². The van der Waals surface area contributed by atoms with Gasteiger partial charge >= 0.3 is 0 Å². The minimum absolute atomic E-state index is 0.195. The van der Waals surface area contributed by atoms with Crippen LogP contribution in [0.1, 0.15) is 24.1 Å². The number of halogens is 1. The van der Waals surface area contributed by atoms with Crippen molar-refractivity contribution in [2.45, 2.75) is 31.8 Å². The van der Waals surface area contributed by atoms with Crippen LogP contribution in [0.3, 0.4) is 0 Å². The van der Waals surface area contributed by atoms with E-state index in [1.807, 2.05) is 11.4 Å². The summed E-state index contributed by atoms with van der Waals surface area (Å²) in [5.41, 5.74) is 0. The van der Waals surface area contributed by atoms with E-state index < -0.39 is 0 Å². The summed E-state index contributed by atoms with van der Waals surface area (Å²) in [6.07, 6.45) is 3.33. The van der Waals surface area contributed by atoms with Gasteiger partial charge in [0, 0.05) is 22.8 Å². The van der Waals surface area contributed by atoms with Crippen molar-refractivity contribution in [1.82, 2.24) is 5.32 Å². The summed E-state index contributed by atoms with van der Waals surface area (Å²) >= 11 is 7.51. The molecule has 0 aromatic carbocycles. The van der Waals surface area contributed by atoms with E-state index in [-0.39, 0.29) is 5.92 Å². The molecule has 0 radical (unpaired) electrons. The fraction of sp³-hybridized carbons (Fsp3) is 0.545. The Labute approximate surface area is 98.9 Å². The first-order valence-corrected chi connectivity index (χ1v) is 6.41. The zero-order valence-electron chi connectivity index (χ0n) is 8.37. The highest BCUT2D eigenvalue weighted by atomic mass is 35.5. The number of thiophene rings is 1. The summed E-state index contributed by atoms with van der Waals surface area (Å²) in [7, 11) is 0. The molecule has 1 aliphatic rings. The summed E-state index contributed by atoms with van der Waals surface area (Å²) in [5, 5.41) is 15.1. The number of nitrogens with zero attached hydrogens (tertiary/aromatic N) is 1. The Morgan fingerprint density at radius 3 is 3.13 bits per heavy atom. The molecule has 80 valence electrons. The summed E-state index contributed by atoms with van der Waals surface area (Å²) in [6, 6.07) is 4.72. The first-order valence-electron chi connectivity index (χ1n) is 5.15. The molecule has 15 heavy (non-hydrogen) atoms. The van der Waals surface area contributed by atoms with Crippen molar-refractivity contribution in [3.05, 3.63) is 21.3 Å². The van der Waals surface area contributed by atoms with Crippen LogP contribution in [-0.4, -0.2) is 6.04 Å². The van der Waals surface area contributed by atoms with E-state index in [4.69, 9.17) is 16.9 Å². The third-order valence-corrected chi connectivity index (χ3v) is 4.13. The molecular formula is C11H13ClN2S. The van der Waals surface area contributed by atoms with Gasteiger partial charge in [-0.3, -0.25) is 0 Å². The Balaban J connectivity index is 1.85. The van der Waals surface area contributed by atoms with Gasteiger partial charge < -0.3 is 5.32 Å². The van der Waals surface area contributed by atoms with Gasteiger partial charge in [0.15, 0.2) is 0 Å². The quantitative estimate of drug-likeness (QED) is 0.881. The minimum Gasteiger partial charge on any atom is -0.308 e. The fourth-order valence-corrected chi connectivity index (χ4v) is 3.06. The molecule has 1 aliphatic carbocycles. The predicted molar refractivity (Wildman–Crippen MR) is 62.9 cm³/mol. The van der Waals surface area contributed by atoms with Crippen LogP contribution in [0, 0.1) is 17.2 Å². The average Bonchev–Trinajstić information content (AvgIpc) is 2.83.